The molecule has 0 aliphatic heterocycles. The van der Waals surface area contributed by atoms with Crippen molar-refractivity contribution in [2.24, 2.45) is 13.0 Å². The third-order valence-corrected chi connectivity index (χ3v) is 4.38. The van der Waals surface area contributed by atoms with E-state index < -0.39 is 23.7 Å². The first-order valence-corrected chi connectivity index (χ1v) is 10.5. The van der Waals surface area contributed by atoms with Gasteiger partial charge in [-0.25, -0.2) is 14.6 Å². The predicted octanol–water partition coefficient (Wildman–Crippen LogP) is 2.79. The van der Waals surface area contributed by atoms with Gasteiger partial charge in [0.15, 0.2) is 0 Å². The molecule has 0 aliphatic carbocycles. The summed E-state index contributed by atoms with van der Waals surface area (Å²) < 4.78 is 12.0. The molecule has 9 heteroatoms. The minimum Gasteiger partial charge on any atom is -0.464 e. The van der Waals surface area contributed by atoms with Crippen LogP contribution in [-0.2, 0) is 27.7 Å². The lowest BCUT2D eigenvalue weighted by Gasteiger charge is -2.23. The number of nitrogens with one attached hydrogen (secondary N) is 1. The van der Waals surface area contributed by atoms with Crippen LogP contribution in [-0.4, -0.2) is 44.8 Å². The lowest BCUT2D eigenvalue weighted by molar-refractivity contribution is -0.147. The fraction of sp³-hybridized carbons (Fsp3) is 0.522. The summed E-state index contributed by atoms with van der Waals surface area (Å²) in [7, 11) is 1.63. The molecular weight excluding hydrogens is 412 g/mol. The second kappa shape index (κ2) is 10.4. The smallest absolute Gasteiger partial charge is 0.408 e. The molecule has 0 unspecified atom stereocenters. The number of alkyl carbamates (subject to hydrolysis) is 1. The quantitative estimate of drug-likeness (QED) is 0.654. The Kier molecular flexibility index (Phi) is 8.13. The lowest BCUT2D eigenvalue weighted by atomic mass is 10.1. The van der Waals surface area contributed by atoms with Gasteiger partial charge in [0.2, 0.25) is 0 Å². The molecule has 32 heavy (non-hydrogen) atoms. The number of pyridine rings is 1. The van der Waals surface area contributed by atoms with Crippen LogP contribution >= 0.6 is 0 Å². The van der Waals surface area contributed by atoms with Crippen molar-refractivity contribution in [2.45, 2.75) is 59.6 Å². The van der Waals surface area contributed by atoms with Crippen molar-refractivity contribution >= 4 is 12.1 Å². The maximum Gasteiger partial charge on any atom is 0.408 e. The summed E-state index contributed by atoms with van der Waals surface area (Å²) in [5.41, 5.74) is 1.28. The molecular formula is C23H32N4O5. The van der Waals surface area contributed by atoms with Crippen LogP contribution < -0.4 is 10.9 Å². The minimum atomic E-state index is -0.941. The van der Waals surface area contributed by atoms with Crippen LogP contribution in [0, 0.1) is 12.8 Å². The van der Waals surface area contributed by atoms with E-state index in [4.69, 9.17) is 9.47 Å². The number of ether oxygens (including phenoxy) is 2. The Balaban J connectivity index is 2.23. The van der Waals surface area contributed by atoms with Crippen LogP contribution in [0.1, 0.15) is 45.9 Å². The lowest BCUT2D eigenvalue weighted by Crippen LogP contribution is -2.45. The molecule has 0 bridgehead atoms. The van der Waals surface area contributed by atoms with Crippen molar-refractivity contribution in [3.05, 3.63) is 46.3 Å². The van der Waals surface area contributed by atoms with Gasteiger partial charge in [-0.3, -0.25) is 9.78 Å². The molecule has 0 fully saturated rings. The Hall–Kier alpha value is -3.23. The Morgan fingerprint density at radius 1 is 1.19 bits per heavy atom. The summed E-state index contributed by atoms with van der Waals surface area (Å²) in [5, 5.41) is 2.59. The second-order valence-corrected chi connectivity index (χ2v) is 9.10. The topological polar surface area (TPSA) is 112 Å². The molecule has 0 saturated carbocycles. The summed E-state index contributed by atoms with van der Waals surface area (Å²) in [5.74, 6) is -0.391. The summed E-state index contributed by atoms with van der Waals surface area (Å²) >= 11 is 0. The summed E-state index contributed by atoms with van der Waals surface area (Å²) in [4.78, 5) is 45.9. The number of rotatable bonds is 7. The fourth-order valence-electron chi connectivity index (χ4n) is 2.84. The average molecular weight is 445 g/mol. The van der Waals surface area contributed by atoms with Gasteiger partial charge in [0.1, 0.15) is 11.6 Å². The molecule has 2 aromatic heterocycles. The normalized spacial score (nSPS) is 12.4. The summed E-state index contributed by atoms with van der Waals surface area (Å²) in [6, 6.07) is 2.52. The van der Waals surface area contributed by atoms with Crippen LogP contribution in [0.4, 0.5) is 4.79 Å². The van der Waals surface area contributed by atoms with E-state index in [1.165, 1.54) is 10.9 Å². The molecule has 2 aromatic rings. The van der Waals surface area contributed by atoms with Gasteiger partial charge < -0.3 is 19.4 Å². The van der Waals surface area contributed by atoms with Crippen molar-refractivity contribution in [3.8, 4) is 11.3 Å². The molecule has 0 radical (unpaired) electrons. The highest BCUT2D eigenvalue weighted by atomic mass is 16.6. The van der Waals surface area contributed by atoms with Gasteiger partial charge in [-0.2, -0.15) is 0 Å². The molecule has 1 amide bonds. The molecule has 2 rings (SSSR count). The number of nitrogens with zero attached hydrogens (tertiary/aromatic N) is 3. The maximum atomic E-state index is 12.6. The third kappa shape index (κ3) is 7.18. The van der Waals surface area contributed by atoms with Gasteiger partial charge >= 0.3 is 12.1 Å². The van der Waals surface area contributed by atoms with E-state index in [1.54, 1.807) is 53.1 Å². The van der Waals surface area contributed by atoms with E-state index in [1.807, 2.05) is 13.8 Å². The minimum absolute atomic E-state index is 0.160. The molecule has 0 spiro atoms. The molecule has 1 N–H and O–H groups in total. The SMILES string of the molecule is Cc1ncn(C)c(=O)c1-c1ccc(C[C@H](NC(=O)OC(C)(C)C)C(=O)OCC(C)C)cn1. The van der Waals surface area contributed by atoms with Gasteiger partial charge in [0, 0.05) is 19.7 Å². The van der Waals surface area contributed by atoms with Crippen molar-refractivity contribution in [1.29, 1.82) is 0 Å². The highest BCUT2D eigenvalue weighted by Gasteiger charge is 2.26. The standard InChI is InChI=1S/C23H32N4O5/c1-14(2)12-31-21(29)18(26-22(30)32-23(4,5)6)10-16-8-9-17(24-11-16)19-15(3)25-13-27(7)20(19)28/h8-9,11,13-14,18H,10,12H2,1-7H3,(H,26,30)/t18-/m0/s1. The first-order chi connectivity index (χ1) is 14.9. The molecule has 0 aromatic carbocycles. The highest BCUT2D eigenvalue weighted by Crippen LogP contribution is 2.17. The second-order valence-electron chi connectivity index (χ2n) is 9.10. The number of esters is 1. The average Bonchev–Trinajstić information content (AvgIpc) is 2.68. The Morgan fingerprint density at radius 2 is 1.88 bits per heavy atom. The zero-order chi connectivity index (χ0) is 24.1. The highest BCUT2D eigenvalue weighted by molar-refractivity contribution is 5.81. The molecule has 0 aliphatic rings. The number of hydrogen-bond donors (Lipinski definition) is 1. The van der Waals surface area contributed by atoms with E-state index in [2.05, 4.69) is 15.3 Å². The van der Waals surface area contributed by atoms with Gasteiger partial charge in [0.05, 0.1) is 29.9 Å². The first kappa shape index (κ1) is 25.0. The Bertz CT molecular complexity index is 1010. The van der Waals surface area contributed by atoms with Crippen molar-refractivity contribution < 1.29 is 19.1 Å². The van der Waals surface area contributed by atoms with E-state index >= 15 is 0 Å². The number of aromatic nitrogens is 3. The van der Waals surface area contributed by atoms with Crippen molar-refractivity contribution in [1.82, 2.24) is 19.9 Å². The number of carbonyl (C=O) groups excluding carboxylic acids is 2. The van der Waals surface area contributed by atoms with Gasteiger partial charge in [-0.05, 0) is 45.2 Å². The van der Waals surface area contributed by atoms with Crippen LogP contribution in [0.25, 0.3) is 11.3 Å². The van der Waals surface area contributed by atoms with E-state index in [-0.39, 0.29) is 24.5 Å². The van der Waals surface area contributed by atoms with Crippen LogP contribution in [0.5, 0.6) is 0 Å². The van der Waals surface area contributed by atoms with Crippen molar-refractivity contribution in [3.63, 3.8) is 0 Å². The third-order valence-electron chi connectivity index (χ3n) is 4.38. The number of carbonyl (C=O) groups is 2. The monoisotopic (exact) mass is 444 g/mol. The molecule has 0 saturated heterocycles. The first-order valence-electron chi connectivity index (χ1n) is 10.5. The Labute approximate surface area is 188 Å². The van der Waals surface area contributed by atoms with Gasteiger partial charge in [0.25, 0.3) is 5.56 Å². The van der Waals surface area contributed by atoms with E-state index in [0.29, 0.717) is 22.5 Å². The van der Waals surface area contributed by atoms with Crippen LogP contribution in [0.2, 0.25) is 0 Å². The maximum absolute atomic E-state index is 12.6. The van der Waals surface area contributed by atoms with Gasteiger partial charge in [-0.1, -0.05) is 19.9 Å². The zero-order valence-corrected chi connectivity index (χ0v) is 19.8. The molecule has 9 nitrogen and oxygen atoms in total. The fourth-order valence-corrected chi connectivity index (χ4v) is 2.84. The van der Waals surface area contributed by atoms with Crippen molar-refractivity contribution in [2.75, 3.05) is 6.61 Å². The number of amides is 1. The van der Waals surface area contributed by atoms with Crippen LogP contribution in [0.3, 0.4) is 0 Å². The zero-order valence-electron chi connectivity index (χ0n) is 19.8. The van der Waals surface area contributed by atoms with Crippen LogP contribution in [0.15, 0.2) is 29.5 Å². The van der Waals surface area contributed by atoms with Gasteiger partial charge in [-0.15, -0.1) is 0 Å². The predicted molar refractivity (Wildman–Crippen MR) is 120 cm³/mol. The Morgan fingerprint density at radius 3 is 2.44 bits per heavy atom. The van der Waals surface area contributed by atoms with E-state index in [9.17, 15) is 14.4 Å². The molecule has 174 valence electrons. The summed E-state index contributed by atoms with van der Waals surface area (Å²) in [6.45, 7) is 11.1. The number of aryl methyl sites for hydroxylation is 2. The molecule has 1 atom stereocenters. The van der Waals surface area contributed by atoms with E-state index in [0.717, 1.165) is 0 Å². The molecule has 2 heterocycles. The summed E-state index contributed by atoms with van der Waals surface area (Å²) in [6.07, 6.45) is 2.49. The number of hydrogen-bond acceptors (Lipinski definition) is 7. The largest absolute Gasteiger partial charge is 0.464 e.